The molecule has 0 unspecified atom stereocenters. The molecule has 2 rings (SSSR count). The Hall–Kier alpha value is -0.620. The molecule has 1 aromatic heterocycles. The average Bonchev–Trinajstić information content (AvgIpc) is 2.79. The molecule has 6 heteroatoms. The molecule has 2 aromatic rings. The molecule has 0 aliphatic heterocycles. The van der Waals surface area contributed by atoms with E-state index in [1.807, 2.05) is 12.1 Å². The second-order valence-corrected chi connectivity index (χ2v) is 6.77. The number of hydrogen-bond donors (Lipinski definition) is 1. The zero-order valence-electron chi connectivity index (χ0n) is 9.96. The van der Waals surface area contributed by atoms with Gasteiger partial charge in [0, 0.05) is 28.6 Å². The Morgan fingerprint density at radius 3 is 2.68 bits per heavy atom. The Morgan fingerprint density at radius 2 is 2.00 bits per heavy atom. The standard InChI is InChI=1S/C13H12ClF2NS2/c14-13-4-2-10(19-13)8-17-5-6-18-9-1-3-11(15)12(16)7-9/h1-4,7,17H,5-6,8H2. The second kappa shape index (κ2) is 7.24. The number of nitrogens with one attached hydrogen (secondary N) is 1. The molecule has 0 aliphatic rings. The van der Waals surface area contributed by atoms with Crippen LogP contribution < -0.4 is 5.32 Å². The van der Waals surface area contributed by atoms with E-state index in [2.05, 4.69) is 5.32 Å². The van der Waals surface area contributed by atoms with E-state index in [1.165, 1.54) is 22.7 Å². The van der Waals surface area contributed by atoms with E-state index in [1.54, 1.807) is 17.4 Å². The van der Waals surface area contributed by atoms with E-state index in [0.29, 0.717) is 0 Å². The predicted molar refractivity (Wildman–Crippen MR) is 78.1 cm³/mol. The lowest BCUT2D eigenvalue weighted by Gasteiger charge is -2.04. The third-order valence-electron chi connectivity index (χ3n) is 2.37. The van der Waals surface area contributed by atoms with Crippen molar-refractivity contribution in [2.45, 2.75) is 11.4 Å². The SMILES string of the molecule is Fc1ccc(SCCNCc2ccc(Cl)s2)cc1F. The van der Waals surface area contributed by atoms with Crippen molar-refractivity contribution in [3.05, 3.63) is 51.2 Å². The molecular weight excluding hydrogens is 308 g/mol. The van der Waals surface area contributed by atoms with Gasteiger partial charge in [0.15, 0.2) is 11.6 Å². The number of benzene rings is 1. The van der Waals surface area contributed by atoms with Gasteiger partial charge >= 0.3 is 0 Å². The Kier molecular flexibility index (Phi) is 5.63. The summed E-state index contributed by atoms with van der Waals surface area (Å²) in [6, 6.07) is 7.82. The summed E-state index contributed by atoms with van der Waals surface area (Å²) in [7, 11) is 0. The molecule has 0 aliphatic carbocycles. The third-order valence-corrected chi connectivity index (χ3v) is 4.59. The highest BCUT2D eigenvalue weighted by molar-refractivity contribution is 7.99. The van der Waals surface area contributed by atoms with Gasteiger partial charge in [-0.2, -0.15) is 0 Å². The van der Waals surface area contributed by atoms with Crippen LogP contribution in [0.4, 0.5) is 8.78 Å². The molecule has 0 fully saturated rings. The molecule has 0 amide bonds. The third kappa shape index (κ3) is 4.76. The van der Waals surface area contributed by atoms with Gasteiger partial charge in [0.1, 0.15) is 0 Å². The first-order valence-corrected chi connectivity index (χ1v) is 7.86. The smallest absolute Gasteiger partial charge is 0.159 e. The van der Waals surface area contributed by atoms with E-state index < -0.39 is 11.6 Å². The molecule has 1 nitrogen and oxygen atoms in total. The molecule has 0 saturated carbocycles. The van der Waals surface area contributed by atoms with Crippen molar-refractivity contribution >= 4 is 34.7 Å². The first kappa shape index (κ1) is 14.8. The number of halogens is 3. The summed E-state index contributed by atoms with van der Waals surface area (Å²) in [6.45, 7) is 1.56. The number of hydrogen-bond acceptors (Lipinski definition) is 3. The topological polar surface area (TPSA) is 12.0 Å². The summed E-state index contributed by atoms with van der Waals surface area (Å²) in [4.78, 5) is 1.92. The highest BCUT2D eigenvalue weighted by Gasteiger charge is 2.02. The highest BCUT2D eigenvalue weighted by Crippen LogP contribution is 2.21. The van der Waals surface area contributed by atoms with Crippen molar-refractivity contribution in [2.75, 3.05) is 12.3 Å². The monoisotopic (exact) mass is 319 g/mol. The maximum absolute atomic E-state index is 13.0. The summed E-state index contributed by atoms with van der Waals surface area (Å²) in [5, 5.41) is 3.27. The van der Waals surface area contributed by atoms with Gasteiger partial charge in [0.05, 0.1) is 4.34 Å². The summed E-state index contributed by atoms with van der Waals surface area (Å²) in [5.41, 5.74) is 0. The van der Waals surface area contributed by atoms with Crippen LogP contribution in [0.3, 0.4) is 0 Å². The van der Waals surface area contributed by atoms with Gasteiger partial charge in [0.25, 0.3) is 0 Å². The number of thioether (sulfide) groups is 1. The fourth-order valence-electron chi connectivity index (χ4n) is 1.47. The van der Waals surface area contributed by atoms with E-state index in [-0.39, 0.29) is 0 Å². The molecule has 0 atom stereocenters. The fraction of sp³-hybridized carbons (Fsp3) is 0.231. The van der Waals surface area contributed by atoms with Gasteiger partial charge in [-0.3, -0.25) is 0 Å². The summed E-state index contributed by atoms with van der Waals surface area (Å²) in [5.74, 6) is -0.812. The van der Waals surface area contributed by atoms with Crippen LogP contribution in [0.15, 0.2) is 35.2 Å². The number of rotatable bonds is 6. The second-order valence-electron chi connectivity index (χ2n) is 3.81. The van der Waals surface area contributed by atoms with Crippen molar-refractivity contribution < 1.29 is 8.78 Å². The lowest BCUT2D eigenvalue weighted by Crippen LogP contribution is -2.15. The molecule has 0 spiro atoms. The average molecular weight is 320 g/mol. The minimum Gasteiger partial charge on any atom is -0.311 e. The summed E-state index contributed by atoms with van der Waals surface area (Å²) in [6.07, 6.45) is 0. The normalized spacial score (nSPS) is 10.9. The van der Waals surface area contributed by atoms with Crippen LogP contribution in [-0.2, 0) is 6.54 Å². The highest BCUT2D eigenvalue weighted by atomic mass is 35.5. The van der Waals surface area contributed by atoms with Crippen LogP contribution >= 0.6 is 34.7 Å². The molecule has 1 heterocycles. The van der Waals surface area contributed by atoms with Gasteiger partial charge in [-0.15, -0.1) is 23.1 Å². The lowest BCUT2D eigenvalue weighted by atomic mass is 10.3. The van der Waals surface area contributed by atoms with Crippen LogP contribution in [0.25, 0.3) is 0 Å². The van der Waals surface area contributed by atoms with Gasteiger partial charge in [-0.1, -0.05) is 11.6 Å². The molecule has 102 valence electrons. The Bertz CT molecular complexity index is 545. The van der Waals surface area contributed by atoms with Crippen molar-refractivity contribution in [1.82, 2.24) is 5.32 Å². The predicted octanol–water partition coefficient (Wildman–Crippen LogP) is 4.56. The zero-order valence-corrected chi connectivity index (χ0v) is 12.3. The van der Waals surface area contributed by atoms with E-state index >= 15 is 0 Å². The molecule has 19 heavy (non-hydrogen) atoms. The maximum atomic E-state index is 13.0. The van der Waals surface area contributed by atoms with Crippen molar-refractivity contribution in [2.24, 2.45) is 0 Å². The quantitative estimate of drug-likeness (QED) is 0.618. The van der Waals surface area contributed by atoms with Crippen molar-refractivity contribution in [1.29, 1.82) is 0 Å². The minimum atomic E-state index is -0.808. The molecule has 1 aromatic carbocycles. The van der Waals surface area contributed by atoms with Crippen LogP contribution in [0.1, 0.15) is 4.88 Å². The van der Waals surface area contributed by atoms with Crippen LogP contribution in [0.2, 0.25) is 4.34 Å². The van der Waals surface area contributed by atoms with Crippen LogP contribution in [0.5, 0.6) is 0 Å². The Morgan fingerprint density at radius 1 is 1.16 bits per heavy atom. The number of thiophene rings is 1. The molecule has 1 N–H and O–H groups in total. The van der Waals surface area contributed by atoms with Gasteiger partial charge in [-0.25, -0.2) is 8.78 Å². The van der Waals surface area contributed by atoms with Crippen molar-refractivity contribution in [3.63, 3.8) is 0 Å². The van der Waals surface area contributed by atoms with Crippen molar-refractivity contribution in [3.8, 4) is 0 Å². The first-order valence-electron chi connectivity index (χ1n) is 5.68. The van der Waals surface area contributed by atoms with Gasteiger partial charge in [0.2, 0.25) is 0 Å². The minimum absolute atomic E-state index is 0.736. The largest absolute Gasteiger partial charge is 0.311 e. The molecule has 0 bridgehead atoms. The Balaban J connectivity index is 1.67. The summed E-state index contributed by atoms with van der Waals surface area (Å²) < 4.78 is 26.5. The lowest BCUT2D eigenvalue weighted by molar-refractivity contribution is 0.506. The Labute approximate surface area is 124 Å². The van der Waals surface area contributed by atoms with Gasteiger partial charge in [-0.05, 0) is 30.3 Å². The molecule has 0 saturated heterocycles. The van der Waals surface area contributed by atoms with Crippen LogP contribution in [0, 0.1) is 11.6 Å². The fourth-order valence-corrected chi connectivity index (χ4v) is 3.36. The molecular formula is C13H12ClF2NS2. The first-order chi connectivity index (χ1) is 9.15. The van der Waals surface area contributed by atoms with E-state index in [0.717, 1.165) is 34.1 Å². The summed E-state index contributed by atoms with van der Waals surface area (Å²) >= 11 is 8.87. The van der Waals surface area contributed by atoms with E-state index in [4.69, 9.17) is 11.6 Å². The zero-order chi connectivity index (χ0) is 13.7. The van der Waals surface area contributed by atoms with Gasteiger partial charge < -0.3 is 5.32 Å². The van der Waals surface area contributed by atoms with Crippen LogP contribution in [-0.4, -0.2) is 12.3 Å². The maximum Gasteiger partial charge on any atom is 0.159 e. The van der Waals surface area contributed by atoms with E-state index in [9.17, 15) is 8.78 Å². The molecule has 0 radical (unpaired) electrons.